The van der Waals surface area contributed by atoms with E-state index in [1.54, 1.807) is 25.1 Å². The summed E-state index contributed by atoms with van der Waals surface area (Å²) in [7, 11) is -3.75. The molecule has 0 amide bonds. The number of hydrogen-bond acceptors (Lipinski definition) is 4. The Labute approximate surface area is 135 Å². The van der Waals surface area contributed by atoms with E-state index < -0.39 is 21.9 Å². The lowest BCUT2D eigenvalue weighted by Gasteiger charge is -2.15. The maximum absolute atomic E-state index is 13.7. The molecule has 4 nitrogen and oxygen atoms in total. The fourth-order valence-corrected chi connectivity index (χ4v) is 5.65. The van der Waals surface area contributed by atoms with Crippen LogP contribution >= 0.6 is 27.3 Å². The van der Waals surface area contributed by atoms with Crippen LogP contribution in [-0.4, -0.2) is 8.42 Å². The van der Waals surface area contributed by atoms with Crippen LogP contribution in [0.15, 0.2) is 39.0 Å². The molecule has 0 saturated carbocycles. The molecule has 0 aliphatic heterocycles. The maximum atomic E-state index is 13.7. The molecule has 0 bridgehead atoms. The topological polar surface area (TPSA) is 72.2 Å². The summed E-state index contributed by atoms with van der Waals surface area (Å²) >= 11 is 4.49. The summed E-state index contributed by atoms with van der Waals surface area (Å²) in [5.74, 6) is -0.445. The third-order valence-corrected chi connectivity index (χ3v) is 6.72. The average Bonchev–Trinajstić information content (AvgIpc) is 2.81. The highest BCUT2D eigenvalue weighted by molar-refractivity contribution is 9.11. The number of nitrogens with one attached hydrogen (secondary N) is 1. The van der Waals surface area contributed by atoms with Crippen LogP contribution in [0, 0.1) is 5.82 Å². The van der Waals surface area contributed by atoms with Crippen molar-refractivity contribution >= 4 is 37.3 Å². The molecular weight excluding hydrogens is 379 g/mol. The molecule has 21 heavy (non-hydrogen) atoms. The van der Waals surface area contributed by atoms with Crippen LogP contribution in [0.5, 0.6) is 0 Å². The van der Waals surface area contributed by atoms with Crippen molar-refractivity contribution in [3.05, 3.63) is 50.4 Å². The molecule has 0 aliphatic rings. The van der Waals surface area contributed by atoms with Gasteiger partial charge in [-0.25, -0.2) is 17.5 Å². The molecule has 3 N–H and O–H groups in total. The molecule has 1 heterocycles. The van der Waals surface area contributed by atoms with Gasteiger partial charge < -0.3 is 5.73 Å². The van der Waals surface area contributed by atoms with E-state index in [0.29, 0.717) is 9.35 Å². The van der Waals surface area contributed by atoms with E-state index in [1.807, 2.05) is 0 Å². The van der Waals surface area contributed by atoms with Crippen LogP contribution in [0.2, 0.25) is 0 Å². The van der Waals surface area contributed by atoms with Crippen LogP contribution in [-0.2, 0) is 16.6 Å². The van der Waals surface area contributed by atoms with Crippen molar-refractivity contribution in [3.63, 3.8) is 0 Å². The Balaban J connectivity index is 2.29. The van der Waals surface area contributed by atoms with Gasteiger partial charge in [0.1, 0.15) is 10.7 Å². The SMILES string of the molecule is CC(NS(=O)(=O)c1cc(CN)sc1Br)c1ccccc1F. The van der Waals surface area contributed by atoms with Gasteiger partial charge in [0.25, 0.3) is 0 Å². The van der Waals surface area contributed by atoms with Crippen LogP contribution in [0.3, 0.4) is 0 Å². The largest absolute Gasteiger partial charge is 0.326 e. The van der Waals surface area contributed by atoms with Crippen molar-refractivity contribution in [1.82, 2.24) is 4.72 Å². The lowest BCUT2D eigenvalue weighted by atomic mass is 10.1. The predicted octanol–water partition coefficient (Wildman–Crippen LogP) is 3.15. The Bertz CT molecular complexity index is 746. The van der Waals surface area contributed by atoms with Crippen LogP contribution in [0.25, 0.3) is 0 Å². The normalized spacial score (nSPS) is 13.3. The zero-order valence-corrected chi connectivity index (χ0v) is 14.4. The van der Waals surface area contributed by atoms with Crippen molar-refractivity contribution < 1.29 is 12.8 Å². The summed E-state index contributed by atoms with van der Waals surface area (Å²) in [6, 6.07) is 6.91. The molecule has 1 atom stereocenters. The Hall–Kier alpha value is -0.800. The number of sulfonamides is 1. The Morgan fingerprint density at radius 2 is 2.10 bits per heavy atom. The smallest absolute Gasteiger partial charge is 0.243 e. The van der Waals surface area contributed by atoms with Crippen molar-refractivity contribution in [1.29, 1.82) is 0 Å². The van der Waals surface area contributed by atoms with Gasteiger partial charge in [0.2, 0.25) is 10.0 Å². The van der Waals surface area contributed by atoms with Crippen molar-refractivity contribution in [2.75, 3.05) is 0 Å². The molecule has 2 rings (SSSR count). The molecule has 0 saturated heterocycles. The van der Waals surface area contributed by atoms with Crippen molar-refractivity contribution in [3.8, 4) is 0 Å². The number of nitrogens with two attached hydrogens (primary N) is 1. The predicted molar refractivity (Wildman–Crippen MR) is 85.0 cm³/mol. The second-order valence-electron chi connectivity index (χ2n) is 4.42. The standard InChI is InChI=1S/C13H14BrFN2O2S2/c1-8(10-4-2-3-5-11(10)15)17-21(18,19)12-6-9(7-16)20-13(12)14/h2-6,8,17H,7,16H2,1H3. The fourth-order valence-electron chi connectivity index (χ4n) is 1.87. The molecule has 1 aromatic carbocycles. The monoisotopic (exact) mass is 392 g/mol. The molecule has 0 spiro atoms. The van der Waals surface area contributed by atoms with E-state index in [1.165, 1.54) is 23.5 Å². The van der Waals surface area contributed by atoms with E-state index in [9.17, 15) is 12.8 Å². The molecule has 1 aromatic heterocycles. The Morgan fingerprint density at radius 1 is 1.43 bits per heavy atom. The summed E-state index contributed by atoms with van der Waals surface area (Å²) in [5, 5.41) is 0. The second-order valence-corrected chi connectivity index (χ2v) is 8.56. The molecule has 0 fully saturated rings. The van der Waals surface area contributed by atoms with Crippen LogP contribution in [0.1, 0.15) is 23.4 Å². The van der Waals surface area contributed by atoms with E-state index in [0.717, 1.165) is 4.88 Å². The van der Waals surface area contributed by atoms with Gasteiger partial charge in [0.15, 0.2) is 0 Å². The van der Waals surface area contributed by atoms with Crippen molar-refractivity contribution in [2.45, 2.75) is 24.4 Å². The third kappa shape index (κ3) is 3.70. The van der Waals surface area contributed by atoms with Gasteiger partial charge in [0.05, 0.1) is 3.79 Å². The zero-order chi connectivity index (χ0) is 15.6. The van der Waals surface area contributed by atoms with Gasteiger partial charge in [-0.1, -0.05) is 18.2 Å². The number of rotatable bonds is 5. The van der Waals surface area contributed by atoms with Crippen LogP contribution < -0.4 is 10.5 Å². The molecule has 0 radical (unpaired) electrons. The molecule has 8 heteroatoms. The van der Waals surface area contributed by atoms with Crippen LogP contribution in [0.4, 0.5) is 4.39 Å². The first-order valence-electron chi connectivity index (χ1n) is 6.10. The average molecular weight is 393 g/mol. The Morgan fingerprint density at radius 3 is 2.67 bits per heavy atom. The first kappa shape index (κ1) is 16.6. The highest BCUT2D eigenvalue weighted by Crippen LogP contribution is 2.32. The number of halogens is 2. The quantitative estimate of drug-likeness (QED) is 0.820. The highest BCUT2D eigenvalue weighted by atomic mass is 79.9. The summed E-state index contributed by atoms with van der Waals surface area (Å²) in [5.41, 5.74) is 5.81. The number of hydrogen-bond donors (Lipinski definition) is 2. The number of benzene rings is 1. The minimum Gasteiger partial charge on any atom is -0.326 e. The summed E-state index contributed by atoms with van der Waals surface area (Å²) < 4.78 is 41.4. The van der Waals surface area contributed by atoms with E-state index in [2.05, 4.69) is 20.7 Å². The number of thiophene rings is 1. The minimum atomic E-state index is -3.75. The van der Waals surface area contributed by atoms with E-state index in [-0.39, 0.29) is 11.4 Å². The molecule has 1 unspecified atom stereocenters. The molecule has 114 valence electrons. The molecule has 0 aliphatic carbocycles. The third-order valence-electron chi connectivity index (χ3n) is 2.90. The fraction of sp³-hybridized carbons (Fsp3) is 0.231. The molecular formula is C13H14BrFN2O2S2. The lowest BCUT2D eigenvalue weighted by Crippen LogP contribution is -2.27. The lowest BCUT2D eigenvalue weighted by molar-refractivity contribution is 0.550. The van der Waals surface area contributed by atoms with E-state index >= 15 is 0 Å². The van der Waals surface area contributed by atoms with Gasteiger partial charge in [-0.2, -0.15) is 0 Å². The summed E-state index contributed by atoms with van der Waals surface area (Å²) in [6.45, 7) is 1.86. The summed E-state index contributed by atoms with van der Waals surface area (Å²) in [4.78, 5) is 0.872. The Kier molecular flexibility index (Phi) is 5.15. The maximum Gasteiger partial charge on any atom is 0.243 e. The van der Waals surface area contributed by atoms with Gasteiger partial charge >= 0.3 is 0 Å². The highest BCUT2D eigenvalue weighted by Gasteiger charge is 2.24. The van der Waals surface area contributed by atoms with Gasteiger partial charge in [-0.3, -0.25) is 0 Å². The first-order valence-corrected chi connectivity index (χ1v) is 9.19. The zero-order valence-electron chi connectivity index (χ0n) is 11.1. The summed E-state index contributed by atoms with van der Waals surface area (Å²) in [6.07, 6.45) is 0. The first-order chi connectivity index (χ1) is 9.85. The second kappa shape index (κ2) is 6.53. The van der Waals surface area contributed by atoms with Gasteiger partial charge in [-0.15, -0.1) is 11.3 Å². The van der Waals surface area contributed by atoms with Crippen molar-refractivity contribution in [2.24, 2.45) is 5.73 Å². The van der Waals surface area contributed by atoms with Gasteiger partial charge in [-0.05, 0) is 35.0 Å². The molecule has 2 aromatic rings. The van der Waals surface area contributed by atoms with E-state index in [4.69, 9.17) is 5.73 Å². The minimum absolute atomic E-state index is 0.121. The van der Waals surface area contributed by atoms with Gasteiger partial charge in [0, 0.05) is 23.0 Å².